The van der Waals surface area contributed by atoms with Crippen molar-refractivity contribution in [2.24, 2.45) is 11.7 Å². The fourth-order valence-electron chi connectivity index (χ4n) is 3.38. The molecule has 1 aliphatic carbocycles. The van der Waals surface area contributed by atoms with Gasteiger partial charge in [-0.25, -0.2) is 0 Å². The van der Waals surface area contributed by atoms with Gasteiger partial charge in [-0.1, -0.05) is 13.3 Å². The van der Waals surface area contributed by atoms with Gasteiger partial charge in [-0.2, -0.15) is 0 Å². The van der Waals surface area contributed by atoms with E-state index >= 15 is 0 Å². The van der Waals surface area contributed by atoms with Gasteiger partial charge < -0.3 is 10.8 Å². The van der Waals surface area contributed by atoms with Crippen LogP contribution in [-0.2, 0) is 0 Å². The van der Waals surface area contributed by atoms with Crippen LogP contribution < -0.4 is 5.73 Å². The minimum atomic E-state index is 0.152. The molecule has 88 valence electrons. The number of nitrogens with two attached hydrogens (primary N) is 1. The first kappa shape index (κ1) is 11.4. The standard InChI is InChI=1S/C12H24N2O/c1-2-3-11(13)12(8-15)14-7-9-4-5-10(14)6-9/h9-12,15H,2-8,13H2,1H3. The van der Waals surface area contributed by atoms with Crippen LogP contribution in [0.2, 0.25) is 0 Å². The summed E-state index contributed by atoms with van der Waals surface area (Å²) in [5.74, 6) is 0.887. The second-order valence-electron chi connectivity index (χ2n) is 5.23. The summed E-state index contributed by atoms with van der Waals surface area (Å²) in [6, 6.07) is 1.08. The Kier molecular flexibility index (Phi) is 3.65. The van der Waals surface area contributed by atoms with E-state index in [1.807, 2.05) is 0 Å². The molecule has 3 N–H and O–H groups in total. The van der Waals surface area contributed by atoms with Crippen LogP contribution in [0.15, 0.2) is 0 Å². The van der Waals surface area contributed by atoms with E-state index in [2.05, 4.69) is 11.8 Å². The molecule has 0 aromatic heterocycles. The van der Waals surface area contributed by atoms with Gasteiger partial charge in [-0.3, -0.25) is 4.90 Å². The largest absolute Gasteiger partial charge is 0.395 e. The van der Waals surface area contributed by atoms with E-state index in [1.165, 1.54) is 25.8 Å². The van der Waals surface area contributed by atoms with Gasteiger partial charge in [0.2, 0.25) is 0 Å². The van der Waals surface area contributed by atoms with Crippen LogP contribution in [0.3, 0.4) is 0 Å². The van der Waals surface area contributed by atoms with Crippen molar-refractivity contribution in [3.8, 4) is 0 Å². The third-order valence-corrected chi connectivity index (χ3v) is 4.18. The summed E-state index contributed by atoms with van der Waals surface area (Å²) >= 11 is 0. The number of hydrogen-bond donors (Lipinski definition) is 2. The van der Waals surface area contributed by atoms with E-state index in [4.69, 9.17) is 5.73 Å². The average molecular weight is 212 g/mol. The zero-order valence-electron chi connectivity index (χ0n) is 9.73. The Morgan fingerprint density at radius 1 is 1.47 bits per heavy atom. The Bertz CT molecular complexity index is 210. The second kappa shape index (κ2) is 4.81. The number of likely N-dealkylation sites (tertiary alicyclic amines) is 1. The molecule has 0 amide bonds. The summed E-state index contributed by atoms with van der Waals surface area (Å²) < 4.78 is 0. The average Bonchev–Trinajstić information content (AvgIpc) is 2.81. The van der Waals surface area contributed by atoms with Crippen molar-refractivity contribution in [3.05, 3.63) is 0 Å². The Morgan fingerprint density at radius 3 is 2.73 bits per heavy atom. The van der Waals surface area contributed by atoms with Gasteiger partial charge in [0.05, 0.1) is 6.61 Å². The van der Waals surface area contributed by atoms with Crippen LogP contribution in [0.1, 0.15) is 39.0 Å². The maximum atomic E-state index is 9.49. The number of nitrogens with zero attached hydrogens (tertiary/aromatic N) is 1. The van der Waals surface area contributed by atoms with Crippen molar-refractivity contribution >= 4 is 0 Å². The predicted octanol–water partition coefficient (Wildman–Crippen LogP) is 0.959. The van der Waals surface area contributed by atoms with Gasteiger partial charge >= 0.3 is 0 Å². The molecule has 0 spiro atoms. The molecule has 4 atom stereocenters. The quantitative estimate of drug-likeness (QED) is 0.713. The Labute approximate surface area is 92.6 Å². The van der Waals surface area contributed by atoms with Crippen LogP contribution in [0, 0.1) is 5.92 Å². The SMILES string of the molecule is CCCC(N)C(CO)N1CC2CCC1C2. The van der Waals surface area contributed by atoms with E-state index in [1.54, 1.807) is 0 Å². The summed E-state index contributed by atoms with van der Waals surface area (Å²) in [6.45, 7) is 3.56. The monoisotopic (exact) mass is 212 g/mol. The van der Waals surface area contributed by atoms with Gasteiger partial charge in [0.15, 0.2) is 0 Å². The smallest absolute Gasteiger partial charge is 0.0602 e. The number of aliphatic hydroxyl groups excluding tert-OH is 1. The van der Waals surface area contributed by atoms with Crippen molar-refractivity contribution in [3.63, 3.8) is 0 Å². The van der Waals surface area contributed by atoms with E-state index in [0.29, 0.717) is 0 Å². The minimum absolute atomic E-state index is 0.152. The van der Waals surface area contributed by atoms with E-state index in [0.717, 1.165) is 24.8 Å². The molecule has 1 heterocycles. The molecule has 2 bridgehead atoms. The Hall–Kier alpha value is -0.120. The molecule has 4 unspecified atom stereocenters. The first-order chi connectivity index (χ1) is 7.26. The predicted molar refractivity (Wildman–Crippen MR) is 61.6 cm³/mol. The fourth-order valence-corrected chi connectivity index (χ4v) is 3.38. The first-order valence-electron chi connectivity index (χ1n) is 6.38. The molecule has 1 aliphatic heterocycles. The Morgan fingerprint density at radius 2 is 2.27 bits per heavy atom. The van der Waals surface area contributed by atoms with Crippen LogP contribution in [-0.4, -0.2) is 41.3 Å². The topological polar surface area (TPSA) is 49.5 Å². The molecule has 2 rings (SSSR count). The van der Waals surface area contributed by atoms with Crippen molar-refractivity contribution in [1.82, 2.24) is 4.90 Å². The maximum absolute atomic E-state index is 9.49. The summed E-state index contributed by atoms with van der Waals surface area (Å²) in [4.78, 5) is 2.48. The highest BCUT2D eigenvalue weighted by atomic mass is 16.3. The molecule has 0 aromatic carbocycles. The van der Waals surface area contributed by atoms with Crippen LogP contribution in [0.5, 0.6) is 0 Å². The molecule has 2 aliphatic rings. The molecule has 1 saturated heterocycles. The normalized spacial score (nSPS) is 34.6. The summed E-state index contributed by atoms with van der Waals surface area (Å²) in [6.07, 6.45) is 6.19. The van der Waals surface area contributed by atoms with E-state index in [-0.39, 0.29) is 18.7 Å². The molecule has 0 radical (unpaired) electrons. The van der Waals surface area contributed by atoms with E-state index < -0.39 is 0 Å². The molecule has 15 heavy (non-hydrogen) atoms. The molecule has 3 nitrogen and oxygen atoms in total. The van der Waals surface area contributed by atoms with Gasteiger partial charge in [0.25, 0.3) is 0 Å². The number of piperidine rings is 1. The lowest BCUT2D eigenvalue weighted by Crippen LogP contribution is -2.52. The number of fused-ring (bicyclic) bond motifs is 2. The molecule has 3 heteroatoms. The third-order valence-electron chi connectivity index (χ3n) is 4.18. The van der Waals surface area contributed by atoms with Crippen molar-refractivity contribution < 1.29 is 5.11 Å². The fraction of sp³-hybridized carbons (Fsp3) is 1.00. The van der Waals surface area contributed by atoms with Crippen molar-refractivity contribution in [1.29, 1.82) is 0 Å². The van der Waals surface area contributed by atoms with Gasteiger partial charge in [0.1, 0.15) is 0 Å². The lowest BCUT2D eigenvalue weighted by atomic mass is 10.0. The molecule has 2 fully saturated rings. The van der Waals surface area contributed by atoms with Gasteiger partial charge in [-0.15, -0.1) is 0 Å². The summed E-state index contributed by atoms with van der Waals surface area (Å²) in [7, 11) is 0. The first-order valence-corrected chi connectivity index (χ1v) is 6.38. The van der Waals surface area contributed by atoms with Gasteiger partial charge in [-0.05, 0) is 31.6 Å². The number of hydrogen-bond acceptors (Lipinski definition) is 3. The molecular formula is C12H24N2O. The lowest BCUT2D eigenvalue weighted by molar-refractivity contribution is 0.0753. The zero-order chi connectivity index (χ0) is 10.8. The molecule has 1 saturated carbocycles. The highest BCUT2D eigenvalue weighted by Crippen LogP contribution is 2.38. The lowest BCUT2D eigenvalue weighted by Gasteiger charge is -2.37. The third kappa shape index (κ3) is 2.19. The minimum Gasteiger partial charge on any atom is -0.395 e. The highest BCUT2D eigenvalue weighted by Gasteiger charge is 2.41. The second-order valence-corrected chi connectivity index (χ2v) is 5.23. The number of aliphatic hydroxyl groups is 1. The highest BCUT2D eigenvalue weighted by molar-refractivity contribution is 4.97. The van der Waals surface area contributed by atoms with Gasteiger partial charge in [0, 0.05) is 24.7 Å². The molecular weight excluding hydrogens is 188 g/mol. The van der Waals surface area contributed by atoms with E-state index in [9.17, 15) is 5.11 Å². The van der Waals surface area contributed by atoms with Crippen molar-refractivity contribution in [2.45, 2.75) is 57.2 Å². The molecule has 0 aromatic rings. The van der Waals surface area contributed by atoms with Crippen LogP contribution in [0.4, 0.5) is 0 Å². The summed E-state index contributed by atoms with van der Waals surface area (Å²) in [5.41, 5.74) is 6.15. The Balaban J connectivity index is 1.94. The van der Waals surface area contributed by atoms with Crippen LogP contribution >= 0.6 is 0 Å². The maximum Gasteiger partial charge on any atom is 0.0602 e. The van der Waals surface area contributed by atoms with Crippen molar-refractivity contribution in [2.75, 3.05) is 13.2 Å². The number of rotatable bonds is 5. The zero-order valence-corrected chi connectivity index (χ0v) is 9.73. The summed E-state index contributed by atoms with van der Waals surface area (Å²) in [5, 5.41) is 9.49. The van der Waals surface area contributed by atoms with Crippen LogP contribution in [0.25, 0.3) is 0 Å².